The van der Waals surface area contributed by atoms with E-state index in [9.17, 15) is 0 Å². The second-order valence-corrected chi connectivity index (χ2v) is 5.88. The molecule has 1 N–H and O–H groups in total. The molecule has 1 aliphatic carbocycles. The summed E-state index contributed by atoms with van der Waals surface area (Å²) in [4.78, 5) is 2.55. The smallest absolute Gasteiger partial charge is 0.0376 e. The van der Waals surface area contributed by atoms with Gasteiger partial charge < -0.3 is 5.32 Å². The third-order valence-corrected chi connectivity index (χ3v) is 4.51. The van der Waals surface area contributed by atoms with E-state index >= 15 is 0 Å². The molecule has 0 saturated heterocycles. The van der Waals surface area contributed by atoms with E-state index < -0.39 is 0 Å². The Kier molecular flexibility index (Phi) is 3.55. The molecular formula is C16H24N2. The monoisotopic (exact) mass is 244 g/mol. The van der Waals surface area contributed by atoms with Gasteiger partial charge in [0, 0.05) is 24.8 Å². The number of benzene rings is 1. The van der Waals surface area contributed by atoms with Crippen LogP contribution in [0.25, 0.3) is 0 Å². The number of nitrogens with zero attached hydrogens (tertiary/aromatic N) is 1. The maximum atomic E-state index is 3.47. The first-order chi connectivity index (χ1) is 8.83. The minimum absolute atomic E-state index is 0.806. The topological polar surface area (TPSA) is 15.3 Å². The SMILES string of the molecule is CN(Cc1ccc2c(c1)NCC2)C1CCCCC1. The van der Waals surface area contributed by atoms with Crippen molar-refractivity contribution >= 4 is 5.69 Å². The van der Waals surface area contributed by atoms with Gasteiger partial charge in [0.25, 0.3) is 0 Å². The molecule has 0 aromatic heterocycles. The quantitative estimate of drug-likeness (QED) is 0.876. The van der Waals surface area contributed by atoms with Gasteiger partial charge in [-0.25, -0.2) is 0 Å². The highest BCUT2D eigenvalue weighted by molar-refractivity contribution is 5.56. The summed E-state index contributed by atoms with van der Waals surface area (Å²) in [5.41, 5.74) is 4.31. The summed E-state index contributed by atoms with van der Waals surface area (Å²) in [5.74, 6) is 0. The molecule has 0 amide bonds. The van der Waals surface area contributed by atoms with E-state index in [4.69, 9.17) is 0 Å². The molecule has 1 aromatic carbocycles. The summed E-state index contributed by atoms with van der Waals surface area (Å²) in [6.45, 7) is 2.21. The molecular weight excluding hydrogens is 220 g/mol. The normalized spacial score (nSPS) is 19.9. The average molecular weight is 244 g/mol. The summed E-state index contributed by atoms with van der Waals surface area (Å²) in [5, 5.41) is 3.47. The Morgan fingerprint density at radius 3 is 2.89 bits per heavy atom. The van der Waals surface area contributed by atoms with Crippen molar-refractivity contribution in [2.45, 2.75) is 51.1 Å². The Bertz CT molecular complexity index is 408. The molecule has 2 heteroatoms. The van der Waals surface area contributed by atoms with E-state index in [1.54, 1.807) is 0 Å². The van der Waals surface area contributed by atoms with Crippen LogP contribution in [-0.4, -0.2) is 24.5 Å². The average Bonchev–Trinajstić information content (AvgIpc) is 2.87. The zero-order valence-electron chi connectivity index (χ0n) is 11.4. The van der Waals surface area contributed by atoms with Crippen LogP contribution in [0.1, 0.15) is 43.2 Å². The molecule has 2 aliphatic rings. The van der Waals surface area contributed by atoms with Gasteiger partial charge in [0.05, 0.1) is 0 Å². The van der Waals surface area contributed by atoms with E-state index in [1.165, 1.54) is 55.3 Å². The first-order valence-electron chi connectivity index (χ1n) is 7.39. The molecule has 0 bridgehead atoms. The fourth-order valence-corrected chi connectivity index (χ4v) is 3.38. The summed E-state index contributed by atoms with van der Waals surface area (Å²) >= 11 is 0. The Hall–Kier alpha value is -1.02. The standard InChI is InChI=1S/C16H24N2/c1-18(15-5-3-2-4-6-15)12-13-7-8-14-9-10-17-16(14)11-13/h7-8,11,15,17H,2-6,9-10,12H2,1H3. The van der Waals surface area contributed by atoms with Gasteiger partial charge >= 0.3 is 0 Å². The van der Waals surface area contributed by atoms with Crippen LogP contribution in [0.5, 0.6) is 0 Å². The first-order valence-corrected chi connectivity index (χ1v) is 7.39. The lowest BCUT2D eigenvalue weighted by atomic mass is 9.94. The van der Waals surface area contributed by atoms with Crippen molar-refractivity contribution in [3.8, 4) is 0 Å². The number of rotatable bonds is 3. The van der Waals surface area contributed by atoms with Gasteiger partial charge in [0.2, 0.25) is 0 Å². The predicted octanol–water partition coefficient (Wildman–Crippen LogP) is 3.42. The summed E-state index contributed by atoms with van der Waals surface area (Å²) < 4.78 is 0. The summed E-state index contributed by atoms with van der Waals surface area (Å²) in [7, 11) is 2.29. The highest BCUT2D eigenvalue weighted by atomic mass is 15.1. The van der Waals surface area contributed by atoms with Crippen molar-refractivity contribution < 1.29 is 0 Å². The van der Waals surface area contributed by atoms with E-state index in [-0.39, 0.29) is 0 Å². The van der Waals surface area contributed by atoms with Crippen molar-refractivity contribution in [3.05, 3.63) is 29.3 Å². The lowest BCUT2D eigenvalue weighted by Gasteiger charge is -2.31. The van der Waals surface area contributed by atoms with Gasteiger partial charge in [-0.3, -0.25) is 4.90 Å². The van der Waals surface area contributed by atoms with Crippen molar-refractivity contribution in [1.82, 2.24) is 4.90 Å². The van der Waals surface area contributed by atoms with Crippen molar-refractivity contribution in [2.24, 2.45) is 0 Å². The molecule has 0 radical (unpaired) electrons. The molecule has 1 heterocycles. The molecule has 0 unspecified atom stereocenters. The van der Waals surface area contributed by atoms with Crippen molar-refractivity contribution in [2.75, 3.05) is 18.9 Å². The molecule has 1 aliphatic heterocycles. The van der Waals surface area contributed by atoms with Crippen LogP contribution in [0.4, 0.5) is 5.69 Å². The van der Waals surface area contributed by atoms with Crippen LogP contribution in [0.2, 0.25) is 0 Å². The lowest BCUT2D eigenvalue weighted by Crippen LogP contribution is -2.32. The van der Waals surface area contributed by atoms with E-state index in [2.05, 4.69) is 35.5 Å². The Morgan fingerprint density at radius 2 is 2.06 bits per heavy atom. The largest absolute Gasteiger partial charge is 0.384 e. The van der Waals surface area contributed by atoms with Crippen LogP contribution in [0, 0.1) is 0 Å². The molecule has 0 spiro atoms. The van der Waals surface area contributed by atoms with Crippen molar-refractivity contribution in [1.29, 1.82) is 0 Å². The van der Waals surface area contributed by atoms with Gasteiger partial charge in [-0.1, -0.05) is 31.4 Å². The third kappa shape index (κ3) is 2.54. The fraction of sp³-hybridized carbons (Fsp3) is 0.625. The fourth-order valence-electron chi connectivity index (χ4n) is 3.38. The number of fused-ring (bicyclic) bond motifs is 1. The van der Waals surface area contributed by atoms with E-state index in [0.29, 0.717) is 0 Å². The second-order valence-electron chi connectivity index (χ2n) is 5.88. The number of nitrogens with one attached hydrogen (secondary N) is 1. The highest BCUT2D eigenvalue weighted by Gasteiger charge is 2.18. The molecule has 2 nitrogen and oxygen atoms in total. The maximum Gasteiger partial charge on any atom is 0.0376 e. The first kappa shape index (κ1) is 12.0. The number of hydrogen-bond donors (Lipinski definition) is 1. The number of hydrogen-bond acceptors (Lipinski definition) is 2. The Labute approximate surface area is 110 Å². The lowest BCUT2D eigenvalue weighted by molar-refractivity contribution is 0.184. The van der Waals surface area contributed by atoms with Crippen LogP contribution in [-0.2, 0) is 13.0 Å². The molecule has 98 valence electrons. The van der Waals surface area contributed by atoms with E-state index in [1.807, 2.05) is 0 Å². The highest BCUT2D eigenvalue weighted by Crippen LogP contribution is 2.26. The second kappa shape index (κ2) is 5.31. The molecule has 3 rings (SSSR count). The predicted molar refractivity (Wildman–Crippen MR) is 77.0 cm³/mol. The van der Waals surface area contributed by atoms with Gasteiger partial charge in [-0.05, 0) is 43.5 Å². The molecule has 1 saturated carbocycles. The molecule has 1 fully saturated rings. The summed E-state index contributed by atoms with van der Waals surface area (Å²) in [6.07, 6.45) is 8.24. The minimum Gasteiger partial charge on any atom is -0.384 e. The van der Waals surface area contributed by atoms with Crippen LogP contribution in [0.3, 0.4) is 0 Å². The van der Waals surface area contributed by atoms with Gasteiger partial charge in [0.15, 0.2) is 0 Å². The van der Waals surface area contributed by atoms with E-state index in [0.717, 1.165) is 19.1 Å². The van der Waals surface area contributed by atoms with Gasteiger partial charge in [-0.15, -0.1) is 0 Å². The zero-order chi connectivity index (χ0) is 12.4. The summed E-state index contributed by atoms with van der Waals surface area (Å²) in [6, 6.07) is 7.77. The maximum absolute atomic E-state index is 3.47. The van der Waals surface area contributed by atoms with Crippen LogP contribution in [0.15, 0.2) is 18.2 Å². The van der Waals surface area contributed by atoms with Gasteiger partial charge in [-0.2, -0.15) is 0 Å². The Morgan fingerprint density at radius 1 is 1.22 bits per heavy atom. The van der Waals surface area contributed by atoms with Crippen LogP contribution < -0.4 is 5.32 Å². The van der Waals surface area contributed by atoms with Crippen LogP contribution >= 0.6 is 0 Å². The molecule has 18 heavy (non-hydrogen) atoms. The number of anilines is 1. The van der Waals surface area contributed by atoms with Crippen molar-refractivity contribution in [3.63, 3.8) is 0 Å². The third-order valence-electron chi connectivity index (χ3n) is 4.51. The zero-order valence-corrected chi connectivity index (χ0v) is 11.4. The minimum atomic E-state index is 0.806. The Balaban J connectivity index is 1.64. The van der Waals surface area contributed by atoms with Gasteiger partial charge in [0.1, 0.15) is 0 Å². The molecule has 1 aromatic rings. The molecule has 0 atom stereocenters.